The fourth-order valence-corrected chi connectivity index (χ4v) is 3.56. The summed E-state index contributed by atoms with van der Waals surface area (Å²) >= 11 is 0. The van der Waals surface area contributed by atoms with Gasteiger partial charge in [-0.2, -0.15) is 0 Å². The maximum Gasteiger partial charge on any atom is 0.407 e. The third-order valence-corrected chi connectivity index (χ3v) is 5.09. The first kappa shape index (κ1) is 20.7. The number of anilines is 2. The maximum absolute atomic E-state index is 11.7. The minimum absolute atomic E-state index is 0.0525. The zero-order valence-corrected chi connectivity index (χ0v) is 18.3. The Morgan fingerprint density at radius 1 is 0.903 bits per heavy atom. The monoisotopic (exact) mass is 413 g/mol. The largest absolute Gasteiger partial charge is 0.445 e. The van der Waals surface area contributed by atoms with Crippen LogP contribution < -0.4 is 10.6 Å². The van der Waals surface area contributed by atoms with Gasteiger partial charge in [0.15, 0.2) is 0 Å². The number of alkyl carbamates (subject to hydrolysis) is 1. The van der Waals surface area contributed by atoms with Gasteiger partial charge in [-0.15, -0.1) is 0 Å². The summed E-state index contributed by atoms with van der Waals surface area (Å²) in [5, 5.41) is 8.47. The number of ether oxygens (including phenoxy) is 1. The van der Waals surface area contributed by atoms with Crippen molar-refractivity contribution in [2.75, 3.05) is 5.32 Å². The lowest BCUT2D eigenvalue weighted by molar-refractivity contribution is 0.137. The number of nitrogens with zero attached hydrogens (tertiary/aromatic N) is 1. The molecular formula is C26H27N3O2. The van der Waals surface area contributed by atoms with Gasteiger partial charge in [-0.25, -0.2) is 9.78 Å². The van der Waals surface area contributed by atoms with E-state index in [1.807, 2.05) is 38.1 Å². The summed E-state index contributed by atoms with van der Waals surface area (Å²) in [4.78, 5) is 16.6. The fraction of sp³-hybridized carbons (Fsp3) is 0.231. The first-order valence-electron chi connectivity index (χ1n) is 10.5. The molecule has 0 saturated heterocycles. The summed E-state index contributed by atoms with van der Waals surface area (Å²) in [6, 6.07) is 20.7. The Kier molecular flexibility index (Phi) is 5.76. The molecule has 5 heteroatoms. The number of benzene rings is 3. The molecule has 1 aromatic heterocycles. The van der Waals surface area contributed by atoms with Gasteiger partial charge < -0.3 is 15.4 Å². The van der Waals surface area contributed by atoms with E-state index in [-0.39, 0.29) is 12.6 Å². The van der Waals surface area contributed by atoms with Gasteiger partial charge in [-0.1, -0.05) is 36.4 Å². The zero-order chi connectivity index (χ0) is 22.0. The van der Waals surface area contributed by atoms with Crippen molar-refractivity contribution in [1.82, 2.24) is 10.3 Å². The van der Waals surface area contributed by atoms with Crippen molar-refractivity contribution >= 4 is 39.3 Å². The van der Waals surface area contributed by atoms with Crippen LogP contribution in [0.5, 0.6) is 0 Å². The summed E-state index contributed by atoms with van der Waals surface area (Å²) in [7, 11) is 0. The van der Waals surface area contributed by atoms with Crippen molar-refractivity contribution < 1.29 is 9.53 Å². The van der Waals surface area contributed by atoms with Crippen LogP contribution in [0.1, 0.15) is 30.5 Å². The molecule has 0 fully saturated rings. The van der Waals surface area contributed by atoms with Gasteiger partial charge in [-0.3, -0.25) is 0 Å². The van der Waals surface area contributed by atoms with Crippen molar-refractivity contribution in [3.05, 3.63) is 77.4 Å². The van der Waals surface area contributed by atoms with Gasteiger partial charge in [0, 0.05) is 22.5 Å². The van der Waals surface area contributed by atoms with Gasteiger partial charge in [0.05, 0.1) is 16.7 Å². The zero-order valence-electron chi connectivity index (χ0n) is 18.3. The molecule has 3 aromatic carbocycles. The van der Waals surface area contributed by atoms with Gasteiger partial charge in [0.2, 0.25) is 0 Å². The maximum atomic E-state index is 11.7. The van der Waals surface area contributed by atoms with E-state index >= 15 is 0 Å². The van der Waals surface area contributed by atoms with E-state index in [1.165, 1.54) is 11.1 Å². The molecule has 0 bridgehead atoms. The summed E-state index contributed by atoms with van der Waals surface area (Å²) in [6.07, 6.45) is -0.405. The van der Waals surface area contributed by atoms with E-state index in [4.69, 9.17) is 9.72 Å². The highest BCUT2D eigenvalue weighted by atomic mass is 16.5. The standard InChI is InChI=1S/C26H27N3O2/c1-16(2)27-26(30)31-15-19-7-9-20(10-8-19)28-25-21-11-5-17(3)13-23(21)29-24-14-18(4)6-12-22(24)25/h5-14,16H,15H2,1-4H3,(H,27,30)(H,28,29). The van der Waals surface area contributed by atoms with E-state index in [0.717, 1.165) is 38.7 Å². The molecule has 4 rings (SSSR count). The number of fused-ring (bicyclic) bond motifs is 2. The number of carbonyl (C=O) groups is 1. The van der Waals surface area contributed by atoms with Crippen molar-refractivity contribution in [2.24, 2.45) is 0 Å². The van der Waals surface area contributed by atoms with Crippen LogP contribution in [0.2, 0.25) is 0 Å². The number of rotatable bonds is 5. The Bertz CT molecular complexity index is 1190. The van der Waals surface area contributed by atoms with Gasteiger partial charge in [0.25, 0.3) is 0 Å². The molecule has 1 amide bonds. The quantitative estimate of drug-likeness (QED) is 0.373. The van der Waals surface area contributed by atoms with Crippen LogP contribution >= 0.6 is 0 Å². The van der Waals surface area contributed by atoms with Gasteiger partial charge in [-0.05, 0) is 68.7 Å². The molecular weight excluding hydrogens is 386 g/mol. The Hall–Kier alpha value is -3.60. The molecule has 4 aromatic rings. The summed E-state index contributed by atoms with van der Waals surface area (Å²) in [5.74, 6) is 0. The molecule has 0 spiro atoms. The highest BCUT2D eigenvalue weighted by molar-refractivity contribution is 6.08. The van der Waals surface area contributed by atoms with Crippen molar-refractivity contribution in [2.45, 2.75) is 40.3 Å². The molecule has 1 heterocycles. The van der Waals surface area contributed by atoms with Gasteiger partial charge >= 0.3 is 6.09 Å². The van der Waals surface area contributed by atoms with E-state index in [9.17, 15) is 4.79 Å². The third-order valence-electron chi connectivity index (χ3n) is 5.09. The van der Waals surface area contributed by atoms with E-state index in [1.54, 1.807) is 0 Å². The molecule has 31 heavy (non-hydrogen) atoms. The number of aromatic nitrogens is 1. The van der Waals surface area contributed by atoms with E-state index < -0.39 is 6.09 Å². The normalized spacial score (nSPS) is 11.1. The molecule has 0 aliphatic rings. The lowest BCUT2D eigenvalue weighted by Crippen LogP contribution is -2.30. The van der Waals surface area contributed by atoms with Crippen molar-refractivity contribution in [3.8, 4) is 0 Å². The van der Waals surface area contributed by atoms with Crippen molar-refractivity contribution in [3.63, 3.8) is 0 Å². The number of hydrogen-bond acceptors (Lipinski definition) is 4. The topological polar surface area (TPSA) is 63.2 Å². The van der Waals surface area contributed by atoms with Crippen LogP contribution in [-0.2, 0) is 11.3 Å². The fourth-order valence-electron chi connectivity index (χ4n) is 3.56. The average molecular weight is 414 g/mol. The number of hydrogen-bond donors (Lipinski definition) is 2. The first-order valence-corrected chi connectivity index (χ1v) is 10.5. The lowest BCUT2D eigenvalue weighted by Gasteiger charge is -2.15. The van der Waals surface area contributed by atoms with E-state index in [0.29, 0.717) is 0 Å². The number of aryl methyl sites for hydroxylation is 2. The van der Waals surface area contributed by atoms with E-state index in [2.05, 4.69) is 60.9 Å². The summed E-state index contributed by atoms with van der Waals surface area (Å²) < 4.78 is 5.26. The highest BCUT2D eigenvalue weighted by Crippen LogP contribution is 2.34. The van der Waals surface area contributed by atoms with Crippen molar-refractivity contribution in [1.29, 1.82) is 0 Å². The molecule has 5 nitrogen and oxygen atoms in total. The second kappa shape index (κ2) is 8.64. The Balaban J connectivity index is 1.62. The Labute approximate surface area is 182 Å². The molecule has 2 N–H and O–H groups in total. The molecule has 0 saturated carbocycles. The molecule has 0 unspecified atom stereocenters. The van der Waals surface area contributed by atoms with Crippen LogP contribution in [0.15, 0.2) is 60.7 Å². The summed E-state index contributed by atoms with van der Waals surface area (Å²) in [5.41, 5.74) is 7.25. The molecule has 0 aliphatic heterocycles. The second-order valence-corrected chi connectivity index (χ2v) is 8.23. The smallest absolute Gasteiger partial charge is 0.407 e. The second-order valence-electron chi connectivity index (χ2n) is 8.23. The first-order chi connectivity index (χ1) is 14.9. The molecule has 0 aliphatic carbocycles. The summed E-state index contributed by atoms with van der Waals surface area (Å²) in [6.45, 7) is 8.19. The SMILES string of the molecule is Cc1ccc2c(Nc3ccc(COC(=O)NC(C)C)cc3)c3ccc(C)cc3nc2c1. The lowest BCUT2D eigenvalue weighted by atomic mass is 10.0. The number of nitrogens with one attached hydrogen (secondary N) is 2. The predicted octanol–water partition coefficient (Wildman–Crippen LogP) is 6.38. The minimum atomic E-state index is -0.405. The van der Waals surface area contributed by atoms with Crippen LogP contribution in [-0.4, -0.2) is 17.1 Å². The van der Waals surface area contributed by atoms with Crippen LogP contribution in [0.3, 0.4) is 0 Å². The molecule has 0 radical (unpaired) electrons. The molecule has 0 atom stereocenters. The Morgan fingerprint density at radius 3 is 2.03 bits per heavy atom. The van der Waals surface area contributed by atoms with Gasteiger partial charge in [0.1, 0.15) is 6.61 Å². The van der Waals surface area contributed by atoms with Crippen LogP contribution in [0.25, 0.3) is 21.8 Å². The Morgan fingerprint density at radius 2 is 1.48 bits per heavy atom. The number of amides is 1. The third kappa shape index (κ3) is 4.77. The van der Waals surface area contributed by atoms with Crippen LogP contribution in [0, 0.1) is 13.8 Å². The number of carbonyl (C=O) groups excluding carboxylic acids is 1. The minimum Gasteiger partial charge on any atom is -0.445 e. The average Bonchev–Trinajstić information content (AvgIpc) is 2.72. The number of pyridine rings is 1. The predicted molar refractivity (Wildman–Crippen MR) is 127 cm³/mol. The molecule has 158 valence electrons. The highest BCUT2D eigenvalue weighted by Gasteiger charge is 2.11. The van der Waals surface area contributed by atoms with Crippen LogP contribution in [0.4, 0.5) is 16.2 Å².